The Morgan fingerprint density at radius 2 is 1.94 bits per heavy atom. The Kier molecular flexibility index (Phi) is 5.03. The average Bonchev–Trinajstić information content (AvgIpc) is 2.14. The first-order valence-corrected chi connectivity index (χ1v) is 5.43. The van der Waals surface area contributed by atoms with Crippen LogP contribution < -0.4 is 11.1 Å². The molecule has 3 nitrogen and oxygen atoms in total. The van der Waals surface area contributed by atoms with Crippen LogP contribution in [-0.4, -0.2) is 18.5 Å². The summed E-state index contributed by atoms with van der Waals surface area (Å²) in [6.07, 6.45) is 0.934. The fourth-order valence-electron chi connectivity index (χ4n) is 1.73. The molecule has 0 aliphatic rings. The van der Waals surface area contributed by atoms with Gasteiger partial charge in [0, 0.05) is 19.0 Å². The molecule has 94 valence electrons. The summed E-state index contributed by atoms with van der Waals surface area (Å²) in [5, 5.41) is 2.70. The molecule has 1 aromatic rings. The van der Waals surface area contributed by atoms with Crippen LogP contribution in [0.4, 0.5) is 8.78 Å². The molecular formula is C12H16F2N2O. The van der Waals surface area contributed by atoms with Gasteiger partial charge in [0.2, 0.25) is 5.91 Å². The summed E-state index contributed by atoms with van der Waals surface area (Å²) in [6, 6.07) is 3.14. The number of nitrogens with one attached hydrogen (secondary N) is 1. The standard InChI is InChI=1S/C12H16F2N2O/c1-8(17)16-12(2-3-15)6-9-4-10(13)7-11(14)5-9/h4-5,7,12H,2-3,6,15H2,1H3,(H,16,17)/t12-/m1/s1. The molecule has 0 heterocycles. The largest absolute Gasteiger partial charge is 0.353 e. The van der Waals surface area contributed by atoms with Crippen LogP contribution in [0.5, 0.6) is 0 Å². The lowest BCUT2D eigenvalue weighted by Crippen LogP contribution is -2.36. The van der Waals surface area contributed by atoms with Crippen molar-refractivity contribution in [3.63, 3.8) is 0 Å². The highest BCUT2D eigenvalue weighted by Gasteiger charge is 2.11. The molecule has 1 amide bonds. The van der Waals surface area contributed by atoms with Gasteiger partial charge in [0.25, 0.3) is 0 Å². The molecular weight excluding hydrogens is 226 g/mol. The van der Waals surface area contributed by atoms with Gasteiger partial charge in [-0.1, -0.05) is 0 Å². The number of amides is 1. The first-order chi connectivity index (χ1) is 8.01. The lowest BCUT2D eigenvalue weighted by Gasteiger charge is -2.17. The molecule has 3 N–H and O–H groups in total. The fourth-order valence-corrected chi connectivity index (χ4v) is 1.73. The lowest BCUT2D eigenvalue weighted by molar-refractivity contribution is -0.119. The van der Waals surface area contributed by atoms with Crippen molar-refractivity contribution in [2.45, 2.75) is 25.8 Å². The number of halogens is 2. The molecule has 0 radical (unpaired) electrons. The van der Waals surface area contributed by atoms with Crippen LogP contribution in [-0.2, 0) is 11.2 Å². The maximum absolute atomic E-state index is 13.0. The minimum absolute atomic E-state index is 0.180. The SMILES string of the molecule is CC(=O)N[C@H](CCN)Cc1cc(F)cc(F)c1. The van der Waals surface area contributed by atoms with Gasteiger partial charge < -0.3 is 11.1 Å². The molecule has 0 saturated heterocycles. The van der Waals surface area contributed by atoms with Crippen molar-refractivity contribution < 1.29 is 13.6 Å². The van der Waals surface area contributed by atoms with Gasteiger partial charge in [-0.3, -0.25) is 4.79 Å². The minimum atomic E-state index is -0.616. The van der Waals surface area contributed by atoms with E-state index in [2.05, 4.69) is 5.32 Å². The predicted molar refractivity (Wildman–Crippen MR) is 61.3 cm³/mol. The molecule has 1 atom stereocenters. The summed E-state index contributed by atoms with van der Waals surface area (Å²) >= 11 is 0. The van der Waals surface area contributed by atoms with Crippen LogP contribution in [0.3, 0.4) is 0 Å². The van der Waals surface area contributed by atoms with Crippen molar-refractivity contribution in [3.8, 4) is 0 Å². The van der Waals surface area contributed by atoms with Crippen LogP contribution in [0.1, 0.15) is 18.9 Å². The molecule has 1 aromatic carbocycles. The number of nitrogens with two attached hydrogens (primary N) is 1. The van der Waals surface area contributed by atoms with Crippen molar-refractivity contribution in [1.82, 2.24) is 5.32 Å². The van der Waals surface area contributed by atoms with E-state index in [1.165, 1.54) is 19.1 Å². The molecule has 0 aromatic heterocycles. The van der Waals surface area contributed by atoms with Gasteiger partial charge in [-0.2, -0.15) is 0 Å². The van der Waals surface area contributed by atoms with E-state index in [0.717, 1.165) is 6.07 Å². The van der Waals surface area contributed by atoms with E-state index in [9.17, 15) is 13.6 Å². The Balaban J connectivity index is 2.74. The van der Waals surface area contributed by atoms with Gasteiger partial charge >= 0.3 is 0 Å². The number of hydrogen-bond donors (Lipinski definition) is 2. The van der Waals surface area contributed by atoms with Crippen LogP contribution in [0.25, 0.3) is 0 Å². The molecule has 0 fully saturated rings. The maximum atomic E-state index is 13.0. The number of carbonyl (C=O) groups is 1. The summed E-state index contributed by atoms with van der Waals surface area (Å²) in [5.74, 6) is -1.41. The van der Waals surface area contributed by atoms with Gasteiger partial charge in [-0.05, 0) is 37.1 Å². The Labute approximate surface area is 99.0 Å². The zero-order valence-corrected chi connectivity index (χ0v) is 9.67. The molecule has 0 unspecified atom stereocenters. The number of hydrogen-bond acceptors (Lipinski definition) is 2. The summed E-state index contributed by atoms with van der Waals surface area (Å²) in [5.41, 5.74) is 5.93. The van der Waals surface area contributed by atoms with Gasteiger partial charge in [0.1, 0.15) is 11.6 Å². The number of rotatable bonds is 5. The monoisotopic (exact) mass is 242 g/mol. The molecule has 0 bridgehead atoms. The van der Waals surface area contributed by atoms with Crippen LogP contribution >= 0.6 is 0 Å². The van der Waals surface area contributed by atoms with E-state index in [1.54, 1.807) is 0 Å². The molecule has 0 aliphatic heterocycles. The second kappa shape index (κ2) is 6.30. The Hall–Kier alpha value is -1.49. The first-order valence-electron chi connectivity index (χ1n) is 5.43. The van der Waals surface area contributed by atoms with Crippen LogP contribution in [0, 0.1) is 11.6 Å². The van der Waals surface area contributed by atoms with E-state index in [1.807, 2.05) is 0 Å². The molecule has 0 saturated carbocycles. The van der Waals surface area contributed by atoms with Gasteiger partial charge in [0.15, 0.2) is 0 Å². The quantitative estimate of drug-likeness (QED) is 0.819. The Morgan fingerprint density at radius 1 is 1.35 bits per heavy atom. The Morgan fingerprint density at radius 3 is 2.41 bits per heavy atom. The summed E-state index contributed by atoms with van der Waals surface area (Å²) in [4.78, 5) is 11.0. The normalized spacial score (nSPS) is 12.2. The zero-order valence-electron chi connectivity index (χ0n) is 9.67. The molecule has 0 aliphatic carbocycles. The van der Waals surface area contributed by atoms with E-state index in [-0.39, 0.29) is 11.9 Å². The smallest absolute Gasteiger partial charge is 0.217 e. The van der Waals surface area contributed by atoms with E-state index in [0.29, 0.717) is 24.9 Å². The average molecular weight is 242 g/mol. The molecule has 1 rings (SSSR count). The third-order valence-corrected chi connectivity index (χ3v) is 2.33. The van der Waals surface area contributed by atoms with Crippen LogP contribution in [0.2, 0.25) is 0 Å². The highest BCUT2D eigenvalue weighted by molar-refractivity contribution is 5.73. The summed E-state index contributed by atoms with van der Waals surface area (Å²) < 4.78 is 25.9. The van der Waals surface area contributed by atoms with E-state index < -0.39 is 11.6 Å². The predicted octanol–water partition coefficient (Wildman–Crippen LogP) is 1.36. The highest BCUT2D eigenvalue weighted by Crippen LogP contribution is 2.11. The molecule has 0 spiro atoms. The van der Waals surface area contributed by atoms with Crippen molar-refractivity contribution in [3.05, 3.63) is 35.4 Å². The molecule has 17 heavy (non-hydrogen) atoms. The topological polar surface area (TPSA) is 55.1 Å². The second-order valence-electron chi connectivity index (χ2n) is 3.96. The van der Waals surface area contributed by atoms with Gasteiger partial charge in [-0.25, -0.2) is 8.78 Å². The van der Waals surface area contributed by atoms with Crippen molar-refractivity contribution in [2.75, 3.05) is 6.54 Å². The third kappa shape index (κ3) is 4.91. The van der Waals surface area contributed by atoms with Gasteiger partial charge in [-0.15, -0.1) is 0 Å². The zero-order chi connectivity index (χ0) is 12.8. The van der Waals surface area contributed by atoms with E-state index in [4.69, 9.17) is 5.73 Å². The fraction of sp³-hybridized carbons (Fsp3) is 0.417. The van der Waals surface area contributed by atoms with Crippen molar-refractivity contribution in [2.24, 2.45) is 5.73 Å². The summed E-state index contributed by atoms with van der Waals surface area (Å²) in [7, 11) is 0. The second-order valence-corrected chi connectivity index (χ2v) is 3.96. The first kappa shape index (κ1) is 13.6. The van der Waals surface area contributed by atoms with Gasteiger partial charge in [0.05, 0.1) is 0 Å². The Bertz CT molecular complexity index is 376. The highest BCUT2D eigenvalue weighted by atomic mass is 19.1. The number of carbonyl (C=O) groups excluding carboxylic acids is 1. The minimum Gasteiger partial charge on any atom is -0.353 e. The third-order valence-electron chi connectivity index (χ3n) is 2.33. The summed E-state index contributed by atoms with van der Waals surface area (Å²) in [6.45, 7) is 1.80. The maximum Gasteiger partial charge on any atom is 0.217 e. The van der Waals surface area contributed by atoms with Crippen molar-refractivity contribution >= 4 is 5.91 Å². The van der Waals surface area contributed by atoms with E-state index >= 15 is 0 Å². The van der Waals surface area contributed by atoms with Crippen LogP contribution in [0.15, 0.2) is 18.2 Å². The van der Waals surface area contributed by atoms with Crippen molar-refractivity contribution in [1.29, 1.82) is 0 Å². The molecule has 5 heteroatoms. The lowest BCUT2D eigenvalue weighted by atomic mass is 10.0. The number of benzene rings is 1.